The first kappa shape index (κ1) is 17.7. The molecule has 2 saturated heterocycles. The zero-order valence-corrected chi connectivity index (χ0v) is 16.3. The van der Waals surface area contributed by atoms with Gasteiger partial charge in [0.15, 0.2) is 5.82 Å². The summed E-state index contributed by atoms with van der Waals surface area (Å²) in [6, 6.07) is 9.74. The second kappa shape index (κ2) is 6.48. The Morgan fingerprint density at radius 1 is 1.15 bits per heavy atom. The second-order valence-corrected chi connectivity index (χ2v) is 9.45. The first-order valence-electron chi connectivity index (χ1n) is 8.60. The fraction of sp³-hybridized carbons (Fsp3) is 0.444. The van der Waals surface area contributed by atoms with Crippen LogP contribution in [0, 0.1) is 18.8 Å². The quantitative estimate of drug-likeness (QED) is 0.802. The second-order valence-electron chi connectivity index (χ2n) is 7.11. The van der Waals surface area contributed by atoms with Crippen molar-refractivity contribution in [2.75, 3.05) is 30.8 Å². The highest BCUT2D eigenvalue weighted by Crippen LogP contribution is 2.47. The van der Waals surface area contributed by atoms with Crippen molar-refractivity contribution in [2.24, 2.45) is 11.8 Å². The molecule has 1 aromatic heterocycles. The molecular formula is C18H21ClN4O2S. The number of aromatic nitrogens is 2. The third-order valence-corrected chi connectivity index (χ3v) is 6.83. The summed E-state index contributed by atoms with van der Waals surface area (Å²) in [6.07, 6.45) is 2.93. The lowest BCUT2D eigenvalue weighted by Gasteiger charge is -2.28. The van der Waals surface area contributed by atoms with E-state index in [4.69, 9.17) is 11.6 Å². The average molecular weight is 393 g/mol. The van der Waals surface area contributed by atoms with Crippen LogP contribution in [0.4, 0.5) is 5.82 Å². The van der Waals surface area contributed by atoms with Gasteiger partial charge in [0.1, 0.15) is 10.8 Å². The molecule has 3 heterocycles. The molecule has 2 fully saturated rings. The maximum Gasteiger partial charge on any atom is 0.211 e. The van der Waals surface area contributed by atoms with Gasteiger partial charge in [0.25, 0.3) is 0 Å². The molecule has 0 unspecified atom stereocenters. The highest BCUT2D eigenvalue weighted by atomic mass is 35.5. The Hall–Kier alpha value is -1.70. The van der Waals surface area contributed by atoms with Crippen molar-refractivity contribution < 1.29 is 8.42 Å². The molecule has 26 heavy (non-hydrogen) atoms. The lowest BCUT2D eigenvalue weighted by molar-refractivity contribution is 0.352. The van der Waals surface area contributed by atoms with E-state index in [0.717, 1.165) is 24.5 Å². The molecule has 0 saturated carbocycles. The number of hydrogen-bond donors (Lipinski definition) is 0. The molecule has 2 aliphatic rings. The Bertz CT molecular complexity index is 922. The minimum absolute atomic E-state index is 0.150. The predicted molar refractivity (Wildman–Crippen MR) is 102 cm³/mol. The summed E-state index contributed by atoms with van der Waals surface area (Å²) >= 11 is 6.31. The number of hydrogen-bond acceptors (Lipinski definition) is 5. The van der Waals surface area contributed by atoms with Gasteiger partial charge < -0.3 is 4.90 Å². The van der Waals surface area contributed by atoms with Crippen molar-refractivity contribution >= 4 is 27.4 Å². The molecule has 2 aliphatic heterocycles. The highest BCUT2D eigenvalue weighted by Gasteiger charge is 2.50. The van der Waals surface area contributed by atoms with Gasteiger partial charge in [-0.05, 0) is 18.4 Å². The van der Waals surface area contributed by atoms with Crippen molar-refractivity contribution in [3.63, 3.8) is 0 Å². The molecule has 0 aliphatic carbocycles. The topological polar surface area (TPSA) is 66.4 Å². The van der Waals surface area contributed by atoms with Crippen molar-refractivity contribution in [3.05, 3.63) is 52.9 Å². The number of benzene rings is 1. The van der Waals surface area contributed by atoms with Crippen molar-refractivity contribution in [2.45, 2.75) is 13.0 Å². The van der Waals surface area contributed by atoms with Gasteiger partial charge in [-0.15, -0.1) is 0 Å². The molecule has 6 nitrogen and oxygen atoms in total. The van der Waals surface area contributed by atoms with E-state index in [-0.39, 0.29) is 17.9 Å². The maximum absolute atomic E-state index is 12.4. The Morgan fingerprint density at radius 3 is 2.58 bits per heavy atom. The maximum atomic E-state index is 12.4. The lowest BCUT2D eigenvalue weighted by atomic mass is 9.90. The first-order valence-corrected chi connectivity index (χ1v) is 10.8. The van der Waals surface area contributed by atoms with Gasteiger partial charge in [0, 0.05) is 25.6 Å². The summed E-state index contributed by atoms with van der Waals surface area (Å²) in [6.45, 7) is 3.85. The summed E-state index contributed by atoms with van der Waals surface area (Å²) in [5, 5.41) is 0.534. The minimum atomic E-state index is -3.28. The molecule has 0 N–H and O–H groups in total. The van der Waals surface area contributed by atoms with Crippen molar-refractivity contribution in [1.29, 1.82) is 0 Å². The van der Waals surface area contributed by atoms with Gasteiger partial charge in [-0.2, -0.15) is 4.31 Å². The molecule has 2 aromatic rings. The van der Waals surface area contributed by atoms with E-state index in [1.54, 1.807) is 10.5 Å². The molecule has 138 valence electrons. The SMILES string of the molecule is Cc1ncc(Cl)c(N2C[C@@H]3CN(S(C)(=O)=O)[C@@H](c4ccccc4)[C@@H]3C2)n1. The molecule has 0 amide bonds. The van der Waals surface area contributed by atoms with Crippen molar-refractivity contribution in [1.82, 2.24) is 14.3 Å². The van der Waals surface area contributed by atoms with Crippen molar-refractivity contribution in [3.8, 4) is 0 Å². The number of rotatable bonds is 3. The highest BCUT2D eigenvalue weighted by molar-refractivity contribution is 7.88. The lowest BCUT2D eigenvalue weighted by Crippen LogP contribution is -2.35. The number of sulfonamides is 1. The van der Waals surface area contributed by atoms with Crippen LogP contribution in [-0.4, -0.2) is 48.6 Å². The summed E-state index contributed by atoms with van der Waals surface area (Å²) in [7, 11) is -3.28. The zero-order valence-electron chi connectivity index (χ0n) is 14.7. The predicted octanol–water partition coefficient (Wildman–Crippen LogP) is 2.51. The average Bonchev–Trinajstić information content (AvgIpc) is 3.15. The van der Waals surface area contributed by atoms with Crippen LogP contribution in [0.1, 0.15) is 17.4 Å². The smallest absolute Gasteiger partial charge is 0.211 e. The van der Waals surface area contributed by atoms with Crippen LogP contribution in [0.25, 0.3) is 0 Å². The third kappa shape index (κ3) is 3.08. The number of halogens is 1. The summed E-state index contributed by atoms with van der Waals surface area (Å²) in [5.41, 5.74) is 1.04. The summed E-state index contributed by atoms with van der Waals surface area (Å²) in [5.74, 6) is 1.88. The van der Waals surface area contributed by atoms with Crippen LogP contribution >= 0.6 is 11.6 Å². The Labute approximate surface area is 158 Å². The molecule has 3 atom stereocenters. The van der Waals surface area contributed by atoms with E-state index < -0.39 is 10.0 Å². The van der Waals surface area contributed by atoms with E-state index in [1.165, 1.54) is 6.26 Å². The Balaban J connectivity index is 1.68. The summed E-state index contributed by atoms with van der Waals surface area (Å²) in [4.78, 5) is 10.8. The Morgan fingerprint density at radius 2 is 1.88 bits per heavy atom. The Kier molecular flexibility index (Phi) is 4.41. The van der Waals surface area contributed by atoms with E-state index in [9.17, 15) is 8.42 Å². The molecule has 1 aromatic carbocycles. The third-order valence-electron chi connectivity index (χ3n) is 5.33. The largest absolute Gasteiger partial charge is 0.355 e. The van der Waals surface area contributed by atoms with Crippen LogP contribution in [0.5, 0.6) is 0 Å². The number of anilines is 1. The molecule has 4 rings (SSSR count). The van der Waals surface area contributed by atoms with Gasteiger partial charge in [0.05, 0.1) is 18.5 Å². The van der Waals surface area contributed by atoms with Gasteiger partial charge >= 0.3 is 0 Å². The van der Waals surface area contributed by atoms with E-state index in [1.807, 2.05) is 37.3 Å². The van der Waals surface area contributed by atoms with Crippen LogP contribution in [0.3, 0.4) is 0 Å². The van der Waals surface area contributed by atoms with Crippen LogP contribution in [-0.2, 0) is 10.0 Å². The number of fused-ring (bicyclic) bond motifs is 1. The monoisotopic (exact) mass is 392 g/mol. The summed E-state index contributed by atoms with van der Waals surface area (Å²) < 4.78 is 26.4. The minimum Gasteiger partial charge on any atom is -0.355 e. The number of aryl methyl sites for hydroxylation is 1. The molecular weight excluding hydrogens is 372 g/mol. The van der Waals surface area contributed by atoms with E-state index >= 15 is 0 Å². The van der Waals surface area contributed by atoms with Crippen LogP contribution in [0.2, 0.25) is 5.02 Å². The zero-order chi connectivity index (χ0) is 18.5. The molecule has 0 bridgehead atoms. The number of nitrogens with zero attached hydrogens (tertiary/aromatic N) is 4. The standard InChI is InChI=1S/C18H21ClN4O2S/c1-12-20-8-16(19)18(21-12)22-9-14-10-23(26(2,24)25)17(15(14)11-22)13-6-4-3-5-7-13/h3-8,14-15,17H,9-11H2,1-2H3/t14-,15-,17+/m1/s1. The van der Waals surface area contributed by atoms with Crippen LogP contribution in [0.15, 0.2) is 36.5 Å². The van der Waals surface area contributed by atoms with E-state index in [0.29, 0.717) is 17.4 Å². The van der Waals surface area contributed by atoms with Gasteiger partial charge in [-0.3, -0.25) is 0 Å². The fourth-order valence-electron chi connectivity index (χ4n) is 4.25. The van der Waals surface area contributed by atoms with E-state index in [2.05, 4.69) is 14.9 Å². The molecule has 0 spiro atoms. The first-order chi connectivity index (χ1) is 12.3. The van der Waals surface area contributed by atoms with Gasteiger partial charge in [-0.1, -0.05) is 41.9 Å². The fourth-order valence-corrected chi connectivity index (χ4v) is 5.61. The molecule has 8 heteroatoms. The van der Waals surface area contributed by atoms with Gasteiger partial charge in [0.2, 0.25) is 10.0 Å². The van der Waals surface area contributed by atoms with Crippen LogP contribution < -0.4 is 4.90 Å². The molecule has 0 radical (unpaired) electrons. The van der Waals surface area contributed by atoms with Gasteiger partial charge in [-0.25, -0.2) is 18.4 Å². The normalized spacial score (nSPS) is 26.3.